The van der Waals surface area contributed by atoms with Crippen molar-refractivity contribution in [1.82, 2.24) is 19.8 Å². The van der Waals surface area contributed by atoms with Crippen molar-refractivity contribution in [2.24, 2.45) is 0 Å². The minimum atomic E-state index is -0.283. The van der Waals surface area contributed by atoms with Gasteiger partial charge in [0.25, 0.3) is 0 Å². The highest BCUT2D eigenvalue weighted by Gasteiger charge is 2.34. The average molecular weight is 290 g/mol. The van der Waals surface area contributed by atoms with Gasteiger partial charge in [-0.05, 0) is 52.4 Å². The Labute approximate surface area is 127 Å². The van der Waals surface area contributed by atoms with Gasteiger partial charge in [0, 0.05) is 32.4 Å². The lowest BCUT2D eigenvalue weighted by atomic mass is 10.0. The molecular formula is C16H26N4O. The predicted octanol–water partition coefficient (Wildman–Crippen LogP) is 1.64. The Bertz CT molecular complexity index is 473. The molecule has 0 bridgehead atoms. The van der Waals surface area contributed by atoms with Gasteiger partial charge in [-0.1, -0.05) is 0 Å². The van der Waals surface area contributed by atoms with Crippen LogP contribution in [-0.2, 0) is 16.9 Å². The normalized spacial score (nSPS) is 28.7. The van der Waals surface area contributed by atoms with Crippen LogP contribution >= 0.6 is 0 Å². The number of rotatable bonds is 3. The van der Waals surface area contributed by atoms with Gasteiger partial charge in [0.2, 0.25) is 0 Å². The lowest BCUT2D eigenvalue weighted by Crippen LogP contribution is -2.30. The van der Waals surface area contributed by atoms with E-state index in [2.05, 4.69) is 28.8 Å². The first kappa shape index (κ1) is 14.9. The summed E-state index contributed by atoms with van der Waals surface area (Å²) >= 11 is 0. The maximum absolute atomic E-state index is 5.86. The largest absolute Gasteiger partial charge is 0.367 e. The van der Waals surface area contributed by atoms with Crippen LogP contribution in [-0.4, -0.2) is 59.6 Å². The molecule has 5 heteroatoms. The topological polar surface area (TPSA) is 41.5 Å². The van der Waals surface area contributed by atoms with Crippen molar-refractivity contribution in [2.45, 2.75) is 38.3 Å². The smallest absolute Gasteiger partial charge is 0.160 e. The van der Waals surface area contributed by atoms with Crippen LogP contribution < -0.4 is 0 Å². The summed E-state index contributed by atoms with van der Waals surface area (Å²) in [6.07, 6.45) is 5.23. The van der Waals surface area contributed by atoms with Crippen LogP contribution in [0, 0.1) is 0 Å². The lowest BCUT2D eigenvalue weighted by Gasteiger charge is -2.23. The molecule has 2 fully saturated rings. The second-order valence-corrected chi connectivity index (χ2v) is 6.49. The van der Waals surface area contributed by atoms with Gasteiger partial charge in [0.1, 0.15) is 5.60 Å². The zero-order chi connectivity index (χ0) is 14.7. The molecule has 2 aliphatic rings. The number of ether oxygens (including phenoxy) is 1. The van der Waals surface area contributed by atoms with E-state index < -0.39 is 0 Å². The van der Waals surface area contributed by atoms with E-state index in [9.17, 15) is 0 Å². The van der Waals surface area contributed by atoms with Crippen LogP contribution in [0.3, 0.4) is 0 Å². The molecule has 0 N–H and O–H groups in total. The maximum atomic E-state index is 5.86. The molecule has 2 aliphatic heterocycles. The molecule has 1 unspecified atom stereocenters. The third kappa shape index (κ3) is 3.59. The van der Waals surface area contributed by atoms with Crippen LogP contribution in [0.1, 0.15) is 37.7 Å². The fraction of sp³-hybridized carbons (Fsp3) is 0.750. The quantitative estimate of drug-likeness (QED) is 0.846. The molecule has 3 rings (SSSR count). The molecule has 3 heterocycles. The van der Waals surface area contributed by atoms with Gasteiger partial charge in [-0.2, -0.15) is 0 Å². The second-order valence-electron chi connectivity index (χ2n) is 6.49. The third-order valence-corrected chi connectivity index (χ3v) is 4.60. The van der Waals surface area contributed by atoms with Crippen LogP contribution in [0.5, 0.6) is 0 Å². The van der Waals surface area contributed by atoms with Crippen molar-refractivity contribution in [3.05, 3.63) is 23.8 Å². The molecule has 5 nitrogen and oxygen atoms in total. The SMILES string of the molecule is CN1CCCN(Cc2ccnc(C3(C)CCCO3)n2)CC1. The Morgan fingerprint density at radius 1 is 1.24 bits per heavy atom. The summed E-state index contributed by atoms with van der Waals surface area (Å²) in [6, 6.07) is 2.04. The van der Waals surface area contributed by atoms with Crippen molar-refractivity contribution in [3.8, 4) is 0 Å². The molecule has 0 spiro atoms. The van der Waals surface area contributed by atoms with E-state index >= 15 is 0 Å². The third-order valence-electron chi connectivity index (χ3n) is 4.60. The summed E-state index contributed by atoms with van der Waals surface area (Å²) in [5.41, 5.74) is 0.830. The highest BCUT2D eigenvalue weighted by molar-refractivity contribution is 5.09. The van der Waals surface area contributed by atoms with Crippen molar-refractivity contribution < 1.29 is 4.74 Å². The van der Waals surface area contributed by atoms with E-state index in [0.29, 0.717) is 0 Å². The summed E-state index contributed by atoms with van der Waals surface area (Å²) in [5, 5.41) is 0. The standard InChI is InChI=1S/C16H26N4O/c1-16(6-3-12-21-16)15-17-7-5-14(18-15)13-20-9-4-8-19(2)10-11-20/h5,7H,3-4,6,8-13H2,1-2H3. The van der Waals surface area contributed by atoms with Crippen molar-refractivity contribution in [3.63, 3.8) is 0 Å². The van der Waals surface area contributed by atoms with E-state index in [0.717, 1.165) is 57.1 Å². The molecule has 0 aliphatic carbocycles. The number of aromatic nitrogens is 2. The average Bonchev–Trinajstić information content (AvgIpc) is 2.83. The summed E-state index contributed by atoms with van der Waals surface area (Å²) < 4.78 is 5.86. The van der Waals surface area contributed by atoms with Gasteiger partial charge < -0.3 is 9.64 Å². The maximum Gasteiger partial charge on any atom is 0.160 e. The highest BCUT2D eigenvalue weighted by Crippen LogP contribution is 2.33. The second kappa shape index (κ2) is 6.38. The molecule has 1 atom stereocenters. The minimum absolute atomic E-state index is 0.283. The first-order chi connectivity index (χ1) is 10.2. The number of hydrogen-bond donors (Lipinski definition) is 0. The van der Waals surface area contributed by atoms with Gasteiger partial charge in [0.15, 0.2) is 5.82 Å². The van der Waals surface area contributed by atoms with E-state index in [1.165, 1.54) is 13.0 Å². The van der Waals surface area contributed by atoms with E-state index in [1.54, 1.807) is 0 Å². The minimum Gasteiger partial charge on any atom is -0.367 e. The van der Waals surface area contributed by atoms with Crippen molar-refractivity contribution >= 4 is 0 Å². The Kier molecular flexibility index (Phi) is 4.52. The van der Waals surface area contributed by atoms with Gasteiger partial charge in [0.05, 0.1) is 5.69 Å². The van der Waals surface area contributed by atoms with E-state index in [4.69, 9.17) is 9.72 Å². The molecule has 0 radical (unpaired) electrons. The summed E-state index contributed by atoms with van der Waals surface area (Å²) in [6.45, 7) is 8.44. The Balaban J connectivity index is 1.68. The predicted molar refractivity (Wildman–Crippen MR) is 82.0 cm³/mol. The van der Waals surface area contributed by atoms with Crippen LogP contribution in [0.4, 0.5) is 0 Å². The number of hydrogen-bond acceptors (Lipinski definition) is 5. The zero-order valence-electron chi connectivity index (χ0n) is 13.2. The molecule has 0 saturated carbocycles. The zero-order valence-corrected chi connectivity index (χ0v) is 13.2. The van der Waals surface area contributed by atoms with E-state index in [1.807, 2.05) is 12.3 Å². The first-order valence-corrected chi connectivity index (χ1v) is 8.03. The number of nitrogens with zero attached hydrogens (tertiary/aromatic N) is 4. The van der Waals surface area contributed by atoms with Gasteiger partial charge in [-0.3, -0.25) is 4.90 Å². The first-order valence-electron chi connectivity index (χ1n) is 8.03. The van der Waals surface area contributed by atoms with Crippen molar-refractivity contribution in [2.75, 3.05) is 39.8 Å². The molecule has 0 amide bonds. The Morgan fingerprint density at radius 3 is 2.95 bits per heavy atom. The molecule has 0 aromatic carbocycles. The fourth-order valence-electron chi connectivity index (χ4n) is 3.18. The fourth-order valence-corrected chi connectivity index (χ4v) is 3.18. The Hall–Kier alpha value is -1.04. The lowest BCUT2D eigenvalue weighted by molar-refractivity contribution is 0.00902. The molecular weight excluding hydrogens is 264 g/mol. The van der Waals surface area contributed by atoms with Gasteiger partial charge >= 0.3 is 0 Å². The summed E-state index contributed by atoms with van der Waals surface area (Å²) in [4.78, 5) is 14.1. The number of likely N-dealkylation sites (N-methyl/N-ethyl adjacent to an activating group) is 1. The van der Waals surface area contributed by atoms with Gasteiger partial charge in [-0.15, -0.1) is 0 Å². The summed E-state index contributed by atoms with van der Waals surface area (Å²) in [7, 11) is 2.20. The molecule has 116 valence electrons. The molecule has 1 aromatic rings. The summed E-state index contributed by atoms with van der Waals surface area (Å²) in [5.74, 6) is 0.851. The van der Waals surface area contributed by atoms with Crippen molar-refractivity contribution in [1.29, 1.82) is 0 Å². The Morgan fingerprint density at radius 2 is 2.14 bits per heavy atom. The molecule has 21 heavy (non-hydrogen) atoms. The monoisotopic (exact) mass is 290 g/mol. The highest BCUT2D eigenvalue weighted by atomic mass is 16.5. The molecule has 1 aromatic heterocycles. The van der Waals surface area contributed by atoms with Gasteiger partial charge in [-0.25, -0.2) is 9.97 Å². The van der Waals surface area contributed by atoms with Crippen LogP contribution in [0.25, 0.3) is 0 Å². The van der Waals surface area contributed by atoms with Crippen LogP contribution in [0.15, 0.2) is 12.3 Å². The van der Waals surface area contributed by atoms with E-state index in [-0.39, 0.29) is 5.60 Å². The molecule has 2 saturated heterocycles. The van der Waals surface area contributed by atoms with Crippen LogP contribution in [0.2, 0.25) is 0 Å².